The molecule has 1 aromatic rings. The third-order valence-electron chi connectivity index (χ3n) is 3.19. The average molecular weight is 297 g/mol. The van der Waals surface area contributed by atoms with E-state index in [-0.39, 0.29) is 17.9 Å². The highest BCUT2D eigenvalue weighted by atomic mass is 19.1. The highest BCUT2D eigenvalue weighted by Gasteiger charge is 2.13. The predicted molar refractivity (Wildman–Crippen MR) is 75.9 cm³/mol. The lowest BCUT2D eigenvalue weighted by Crippen LogP contribution is -2.26. The molecule has 0 heterocycles. The van der Waals surface area contributed by atoms with Crippen LogP contribution in [0.5, 0.6) is 5.75 Å². The molecule has 21 heavy (non-hydrogen) atoms. The van der Waals surface area contributed by atoms with E-state index in [1.807, 2.05) is 6.92 Å². The van der Waals surface area contributed by atoms with Crippen molar-refractivity contribution in [3.05, 3.63) is 29.6 Å². The van der Waals surface area contributed by atoms with Crippen LogP contribution in [0.25, 0.3) is 0 Å². The second-order valence-electron chi connectivity index (χ2n) is 4.93. The Bertz CT molecular complexity index is 504. The monoisotopic (exact) mass is 297 g/mol. The molecule has 5 nitrogen and oxygen atoms in total. The van der Waals surface area contributed by atoms with Gasteiger partial charge in [-0.2, -0.15) is 0 Å². The summed E-state index contributed by atoms with van der Waals surface area (Å²) in [4.78, 5) is 22.3. The molecule has 0 saturated heterocycles. The fourth-order valence-corrected chi connectivity index (χ4v) is 1.85. The number of halogens is 1. The van der Waals surface area contributed by atoms with Crippen molar-refractivity contribution in [2.24, 2.45) is 5.92 Å². The van der Waals surface area contributed by atoms with E-state index in [4.69, 9.17) is 9.84 Å². The number of carbonyl (C=O) groups is 2. The van der Waals surface area contributed by atoms with E-state index < -0.39 is 17.7 Å². The molecule has 0 fully saturated rings. The maximum atomic E-state index is 13.7. The van der Waals surface area contributed by atoms with Crippen LogP contribution < -0.4 is 10.1 Å². The van der Waals surface area contributed by atoms with Gasteiger partial charge in [-0.3, -0.25) is 9.59 Å². The Balaban J connectivity index is 2.42. The molecule has 0 bridgehead atoms. The number of carboxylic acids is 1. The molecular weight excluding hydrogens is 277 g/mol. The van der Waals surface area contributed by atoms with Gasteiger partial charge in [0.25, 0.3) is 5.91 Å². The normalized spacial score (nSPS) is 11.8. The van der Waals surface area contributed by atoms with E-state index in [9.17, 15) is 14.0 Å². The summed E-state index contributed by atoms with van der Waals surface area (Å²) in [6, 6.07) is 4.05. The summed E-state index contributed by atoms with van der Waals surface area (Å²) in [5.41, 5.74) is -0.0333. The number of carbonyl (C=O) groups excluding carboxylic acids is 1. The topological polar surface area (TPSA) is 75.6 Å². The lowest BCUT2D eigenvalue weighted by molar-refractivity contribution is -0.137. The Morgan fingerprint density at radius 3 is 2.67 bits per heavy atom. The molecule has 116 valence electrons. The number of rotatable bonds is 8. The number of aliphatic carboxylic acids is 1. The first-order valence-electron chi connectivity index (χ1n) is 6.77. The second kappa shape index (κ2) is 8.24. The average Bonchev–Trinajstić information content (AvgIpc) is 2.44. The Kier molecular flexibility index (Phi) is 6.65. The van der Waals surface area contributed by atoms with Gasteiger partial charge in [-0.25, -0.2) is 4.39 Å². The van der Waals surface area contributed by atoms with Crippen LogP contribution in [0.1, 0.15) is 36.5 Å². The number of carboxylic acid groups (broad SMARTS) is 1. The molecule has 6 heteroatoms. The van der Waals surface area contributed by atoms with Crippen molar-refractivity contribution in [1.29, 1.82) is 0 Å². The Morgan fingerprint density at radius 1 is 1.38 bits per heavy atom. The Labute approximate surface area is 123 Å². The molecule has 1 unspecified atom stereocenters. The molecule has 1 aromatic carbocycles. The smallest absolute Gasteiger partial charge is 0.303 e. The maximum Gasteiger partial charge on any atom is 0.303 e. The van der Waals surface area contributed by atoms with Crippen LogP contribution in [0.2, 0.25) is 0 Å². The number of hydrogen-bond donors (Lipinski definition) is 2. The molecule has 0 radical (unpaired) electrons. The Morgan fingerprint density at radius 2 is 2.10 bits per heavy atom. The van der Waals surface area contributed by atoms with Gasteiger partial charge < -0.3 is 15.2 Å². The lowest BCUT2D eigenvalue weighted by Gasteiger charge is -2.11. The van der Waals surface area contributed by atoms with Crippen molar-refractivity contribution in [2.75, 3.05) is 13.7 Å². The van der Waals surface area contributed by atoms with E-state index in [1.54, 1.807) is 0 Å². The van der Waals surface area contributed by atoms with Gasteiger partial charge in [-0.15, -0.1) is 0 Å². The SMILES string of the molecule is COc1ccc(C(=O)NCCC(C)CCC(=O)O)c(F)c1. The van der Waals surface area contributed by atoms with Crippen LogP contribution in [0.15, 0.2) is 18.2 Å². The van der Waals surface area contributed by atoms with Crippen molar-refractivity contribution in [3.63, 3.8) is 0 Å². The summed E-state index contributed by atoms with van der Waals surface area (Å²) in [7, 11) is 1.42. The van der Waals surface area contributed by atoms with Gasteiger partial charge in [-0.1, -0.05) is 6.92 Å². The molecule has 2 N–H and O–H groups in total. The molecule has 1 rings (SSSR count). The lowest BCUT2D eigenvalue weighted by atomic mass is 10.0. The molecular formula is C15H20FNO4. The summed E-state index contributed by atoms with van der Waals surface area (Å²) in [5, 5.41) is 11.2. The van der Waals surface area contributed by atoms with Gasteiger partial charge in [0.15, 0.2) is 0 Å². The van der Waals surface area contributed by atoms with Crippen molar-refractivity contribution in [1.82, 2.24) is 5.32 Å². The summed E-state index contributed by atoms with van der Waals surface area (Å²) < 4.78 is 18.5. The van der Waals surface area contributed by atoms with Crippen LogP contribution in [-0.2, 0) is 4.79 Å². The van der Waals surface area contributed by atoms with E-state index in [2.05, 4.69) is 5.32 Å². The maximum absolute atomic E-state index is 13.7. The van der Waals surface area contributed by atoms with Crippen LogP contribution >= 0.6 is 0 Å². The van der Waals surface area contributed by atoms with Gasteiger partial charge in [-0.05, 0) is 30.9 Å². The molecule has 0 spiro atoms. The zero-order valence-corrected chi connectivity index (χ0v) is 12.2. The van der Waals surface area contributed by atoms with Gasteiger partial charge in [0.1, 0.15) is 11.6 Å². The van der Waals surface area contributed by atoms with Crippen LogP contribution in [0.3, 0.4) is 0 Å². The highest BCUT2D eigenvalue weighted by molar-refractivity contribution is 5.94. The third kappa shape index (κ3) is 5.81. The standard InChI is InChI=1S/C15H20FNO4/c1-10(3-6-14(18)19)7-8-17-15(20)12-5-4-11(21-2)9-13(12)16/h4-5,9-10H,3,6-8H2,1-2H3,(H,17,20)(H,18,19). The van der Waals surface area contributed by atoms with Crippen LogP contribution in [-0.4, -0.2) is 30.6 Å². The van der Waals surface area contributed by atoms with Crippen LogP contribution in [0.4, 0.5) is 4.39 Å². The fourth-order valence-electron chi connectivity index (χ4n) is 1.85. The first-order chi connectivity index (χ1) is 9.93. The van der Waals surface area contributed by atoms with Crippen molar-refractivity contribution >= 4 is 11.9 Å². The molecule has 0 aliphatic carbocycles. The second-order valence-corrected chi connectivity index (χ2v) is 4.93. The van der Waals surface area contributed by atoms with Gasteiger partial charge in [0, 0.05) is 19.0 Å². The Hall–Kier alpha value is -2.11. The zero-order valence-electron chi connectivity index (χ0n) is 12.2. The molecule has 1 amide bonds. The number of hydrogen-bond acceptors (Lipinski definition) is 3. The molecule has 0 aromatic heterocycles. The van der Waals surface area contributed by atoms with E-state index in [0.29, 0.717) is 25.1 Å². The molecule has 0 aliphatic heterocycles. The molecule has 1 atom stereocenters. The summed E-state index contributed by atoms with van der Waals surface area (Å²) >= 11 is 0. The summed E-state index contributed by atoms with van der Waals surface area (Å²) in [5.74, 6) is -1.41. The largest absolute Gasteiger partial charge is 0.497 e. The minimum atomic E-state index is -0.828. The van der Waals surface area contributed by atoms with Crippen molar-refractivity contribution < 1.29 is 23.8 Å². The first kappa shape index (κ1) is 16.9. The van der Waals surface area contributed by atoms with E-state index >= 15 is 0 Å². The summed E-state index contributed by atoms with van der Waals surface area (Å²) in [6.07, 6.45) is 1.32. The number of amides is 1. The summed E-state index contributed by atoms with van der Waals surface area (Å²) in [6.45, 7) is 2.30. The van der Waals surface area contributed by atoms with Crippen LogP contribution in [0, 0.1) is 11.7 Å². The number of ether oxygens (including phenoxy) is 1. The third-order valence-corrected chi connectivity index (χ3v) is 3.19. The van der Waals surface area contributed by atoms with Gasteiger partial charge in [0.2, 0.25) is 0 Å². The minimum Gasteiger partial charge on any atom is -0.497 e. The van der Waals surface area contributed by atoms with E-state index in [0.717, 1.165) is 6.07 Å². The fraction of sp³-hybridized carbons (Fsp3) is 0.467. The number of benzene rings is 1. The minimum absolute atomic E-state index is 0.0333. The first-order valence-corrected chi connectivity index (χ1v) is 6.77. The predicted octanol–water partition coefficient (Wildman–Crippen LogP) is 2.46. The van der Waals surface area contributed by atoms with Crippen molar-refractivity contribution in [2.45, 2.75) is 26.2 Å². The van der Waals surface area contributed by atoms with Crippen molar-refractivity contribution in [3.8, 4) is 5.75 Å². The highest BCUT2D eigenvalue weighted by Crippen LogP contribution is 2.16. The quantitative estimate of drug-likeness (QED) is 0.773. The van der Waals surface area contributed by atoms with Gasteiger partial charge >= 0.3 is 5.97 Å². The van der Waals surface area contributed by atoms with Gasteiger partial charge in [0.05, 0.1) is 12.7 Å². The number of methoxy groups -OCH3 is 1. The number of nitrogens with one attached hydrogen (secondary N) is 1. The molecule has 0 aliphatic rings. The molecule has 0 saturated carbocycles. The zero-order chi connectivity index (χ0) is 15.8. The van der Waals surface area contributed by atoms with E-state index in [1.165, 1.54) is 19.2 Å².